The molecule has 0 spiro atoms. The molecule has 0 radical (unpaired) electrons. The van der Waals surface area contributed by atoms with Crippen molar-refractivity contribution in [3.05, 3.63) is 35.4 Å². The van der Waals surface area contributed by atoms with Gasteiger partial charge in [-0.1, -0.05) is 24.3 Å². The Balaban J connectivity index is 2.02. The summed E-state index contributed by atoms with van der Waals surface area (Å²) in [6.45, 7) is 5.47. The number of ether oxygens (including phenoxy) is 1. The number of aryl methyl sites for hydroxylation is 1. The lowest BCUT2D eigenvalue weighted by atomic mass is 10.1. The summed E-state index contributed by atoms with van der Waals surface area (Å²) in [6, 6.07) is 8.11. The Morgan fingerprint density at radius 1 is 1.28 bits per heavy atom. The van der Waals surface area contributed by atoms with E-state index in [2.05, 4.69) is 16.6 Å². The molecule has 0 heterocycles. The highest BCUT2D eigenvalue weighted by molar-refractivity contribution is 6.04. The Hall–Kier alpha value is -1.84. The zero-order valence-corrected chi connectivity index (χ0v) is 11.0. The summed E-state index contributed by atoms with van der Waals surface area (Å²) >= 11 is 0. The minimum absolute atomic E-state index is 0.502. The molecule has 0 saturated heterocycles. The lowest BCUT2D eigenvalue weighted by Gasteiger charge is -2.18. The Morgan fingerprint density at radius 2 is 2.00 bits per heavy atom. The molecule has 0 unspecified atom stereocenters. The van der Waals surface area contributed by atoms with E-state index in [9.17, 15) is 4.79 Å². The van der Waals surface area contributed by atoms with Gasteiger partial charge in [0.2, 0.25) is 0 Å². The molecule has 0 fully saturated rings. The van der Waals surface area contributed by atoms with E-state index in [1.165, 1.54) is 5.56 Å². The second-order valence-electron chi connectivity index (χ2n) is 5.33. The fraction of sp³-hybridized carbons (Fsp3) is 0.429. The molecule has 4 nitrogen and oxygen atoms in total. The van der Waals surface area contributed by atoms with Crippen molar-refractivity contribution in [3.63, 3.8) is 0 Å². The molecule has 18 heavy (non-hydrogen) atoms. The van der Waals surface area contributed by atoms with Crippen molar-refractivity contribution in [3.8, 4) is 0 Å². The Kier molecular flexibility index (Phi) is 3.36. The van der Waals surface area contributed by atoms with Crippen LogP contribution in [-0.4, -0.2) is 17.4 Å². The summed E-state index contributed by atoms with van der Waals surface area (Å²) in [6.07, 6.45) is 1.32. The molecule has 1 aliphatic carbocycles. The standard InChI is InChI=1S/C14H18N2O2/c1-14(2,3)18-13(17)16-15-12-9-8-10-6-4-5-7-11(10)12/h4-7H,8-9H2,1-3H3,(H,16,17)/b15-12+. The fourth-order valence-electron chi connectivity index (χ4n) is 1.94. The maximum absolute atomic E-state index is 11.5. The van der Waals surface area contributed by atoms with Gasteiger partial charge in [0.25, 0.3) is 0 Å². The van der Waals surface area contributed by atoms with Crippen molar-refractivity contribution in [1.29, 1.82) is 0 Å². The van der Waals surface area contributed by atoms with E-state index in [0.29, 0.717) is 0 Å². The molecule has 0 atom stereocenters. The van der Waals surface area contributed by atoms with Gasteiger partial charge < -0.3 is 4.74 Å². The lowest BCUT2D eigenvalue weighted by molar-refractivity contribution is 0.0529. The van der Waals surface area contributed by atoms with Crippen LogP contribution in [0.1, 0.15) is 38.3 Å². The first-order valence-electron chi connectivity index (χ1n) is 6.09. The van der Waals surface area contributed by atoms with Crippen molar-refractivity contribution in [1.82, 2.24) is 5.43 Å². The Morgan fingerprint density at radius 3 is 2.72 bits per heavy atom. The first-order chi connectivity index (χ1) is 8.46. The van der Waals surface area contributed by atoms with Crippen LogP contribution in [0.3, 0.4) is 0 Å². The third kappa shape index (κ3) is 3.09. The molecule has 1 amide bonds. The first kappa shape index (κ1) is 12.6. The van der Waals surface area contributed by atoms with Gasteiger partial charge in [0, 0.05) is 5.56 Å². The SMILES string of the molecule is CC(C)(C)OC(=O)N/N=C1\CCc2ccccc21. The van der Waals surface area contributed by atoms with Gasteiger partial charge in [0.1, 0.15) is 5.60 Å². The molecule has 0 aliphatic heterocycles. The van der Waals surface area contributed by atoms with Crippen molar-refractivity contribution in [2.45, 2.75) is 39.2 Å². The number of nitrogens with one attached hydrogen (secondary N) is 1. The maximum atomic E-state index is 11.5. The topological polar surface area (TPSA) is 50.7 Å². The largest absolute Gasteiger partial charge is 0.443 e. The Labute approximate surface area is 107 Å². The average molecular weight is 246 g/mol. The maximum Gasteiger partial charge on any atom is 0.428 e. The number of amides is 1. The van der Waals surface area contributed by atoms with Crippen LogP contribution in [-0.2, 0) is 11.2 Å². The van der Waals surface area contributed by atoms with Crippen molar-refractivity contribution < 1.29 is 9.53 Å². The number of carbonyl (C=O) groups is 1. The molecule has 1 N–H and O–H groups in total. The second kappa shape index (κ2) is 4.80. The summed E-state index contributed by atoms with van der Waals surface area (Å²) in [7, 11) is 0. The van der Waals surface area contributed by atoms with Gasteiger partial charge in [-0.05, 0) is 39.2 Å². The van der Waals surface area contributed by atoms with Gasteiger partial charge in [-0.15, -0.1) is 0 Å². The average Bonchev–Trinajstić information content (AvgIpc) is 2.67. The van der Waals surface area contributed by atoms with Crippen LogP contribution in [0.15, 0.2) is 29.4 Å². The van der Waals surface area contributed by atoms with Crippen LogP contribution in [0.2, 0.25) is 0 Å². The molecular formula is C14H18N2O2. The fourth-order valence-corrected chi connectivity index (χ4v) is 1.94. The van der Waals surface area contributed by atoms with Gasteiger partial charge in [-0.3, -0.25) is 0 Å². The van der Waals surface area contributed by atoms with Gasteiger partial charge in [-0.2, -0.15) is 5.10 Å². The van der Waals surface area contributed by atoms with Crippen molar-refractivity contribution in [2.75, 3.05) is 0 Å². The molecule has 0 bridgehead atoms. The molecule has 4 heteroatoms. The molecule has 0 saturated carbocycles. The van der Waals surface area contributed by atoms with Gasteiger partial charge >= 0.3 is 6.09 Å². The number of carbonyl (C=O) groups excluding carboxylic acids is 1. The van der Waals surface area contributed by atoms with E-state index in [-0.39, 0.29) is 0 Å². The zero-order chi connectivity index (χ0) is 13.2. The lowest BCUT2D eigenvalue weighted by Crippen LogP contribution is -2.30. The number of benzene rings is 1. The van der Waals surface area contributed by atoms with Crippen LogP contribution < -0.4 is 5.43 Å². The number of hydrogen-bond acceptors (Lipinski definition) is 3. The van der Waals surface area contributed by atoms with E-state index in [1.54, 1.807) is 0 Å². The highest BCUT2D eigenvalue weighted by Crippen LogP contribution is 2.21. The van der Waals surface area contributed by atoms with Crippen molar-refractivity contribution in [2.24, 2.45) is 5.10 Å². The molecule has 0 aromatic heterocycles. The normalized spacial score (nSPS) is 16.5. The number of rotatable bonds is 1. The van der Waals surface area contributed by atoms with Crippen LogP contribution in [0.25, 0.3) is 0 Å². The third-order valence-corrected chi connectivity index (χ3v) is 2.64. The minimum Gasteiger partial charge on any atom is -0.443 e. The molecule has 2 rings (SSSR count). The van der Waals surface area contributed by atoms with Crippen molar-refractivity contribution >= 4 is 11.8 Å². The van der Waals surface area contributed by atoms with Crippen LogP contribution in [0.4, 0.5) is 4.79 Å². The third-order valence-electron chi connectivity index (χ3n) is 2.64. The van der Waals surface area contributed by atoms with E-state index in [4.69, 9.17) is 4.74 Å². The van der Waals surface area contributed by atoms with Crippen LogP contribution in [0.5, 0.6) is 0 Å². The van der Waals surface area contributed by atoms with Gasteiger partial charge in [0.05, 0.1) is 5.71 Å². The van der Waals surface area contributed by atoms with Gasteiger partial charge in [-0.25, -0.2) is 10.2 Å². The molecule has 1 aromatic rings. The highest BCUT2D eigenvalue weighted by Gasteiger charge is 2.19. The highest BCUT2D eigenvalue weighted by atomic mass is 16.6. The van der Waals surface area contributed by atoms with E-state index in [0.717, 1.165) is 24.1 Å². The predicted molar refractivity (Wildman–Crippen MR) is 70.7 cm³/mol. The summed E-state index contributed by atoms with van der Waals surface area (Å²) in [5.74, 6) is 0. The van der Waals surface area contributed by atoms with E-state index < -0.39 is 11.7 Å². The van der Waals surface area contributed by atoms with E-state index >= 15 is 0 Å². The Bertz CT molecular complexity index is 487. The second-order valence-corrected chi connectivity index (χ2v) is 5.33. The summed E-state index contributed by atoms with van der Waals surface area (Å²) < 4.78 is 5.13. The van der Waals surface area contributed by atoms with Gasteiger partial charge in [0.15, 0.2) is 0 Å². The zero-order valence-electron chi connectivity index (χ0n) is 11.0. The number of nitrogens with zero attached hydrogens (tertiary/aromatic N) is 1. The quantitative estimate of drug-likeness (QED) is 0.775. The molecule has 96 valence electrons. The summed E-state index contributed by atoms with van der Waals surface area (Å²) in [5.41, 5.74) is 5.26. The summed E-state index contributed by atoms with van der Waals surface area (Å²) in [4.78, 5) is 11.5. The molecular weight excluding hydrogens is 228 g/mol. The molecule has 1 aliphatic rings. The van der Waals surface area contributed by atoms with Crippen LogP contribution in [0, 0.1) is 0 Å². The van der Waals surface area contributed by atoms with E-state index in [1.807, 2.05) is 39.0 Å². The monoisotopic (exact) mass is 246 g/mol. The number of hydrazone groups is 1. The number of fused-ring (bicyclic) bond motifs is 1. The minimum atomic E-state index is -0.514. The number of hydrogen-bond donors (Lipinski definition) is 1. The summed E-state index contributed by atoms with van der Waals surface area (Å²) in [5, 5.41) is 4.14. The van der Waals surface area contributed by atoms with Crippen LogP contribution >= 0.6 is 0 Å². The smallest absolute Gasteiger partial charge is 0.428 e. The predicted octanol–water partition coefficient (Wildman–Crippen LogP) is 2.86. The first-order valence-corrected chi connectivity index (χ1v) is 6.09. The molecule has 1 aromatic carbocycles.